The summed E-state index contributed by atoms with van der Waals surface area (Å²) in [5, 5.41) is 30.4. The molecule has 0 atom stereocenters. The van der Waals surface area contributed by atoms with Crippen LogP contribution in [0.3, 0.4) is 0 Å². The summed E-state index contributed by atoms with van der Waals surface area (Å²) in [7, 11) is 0. The van der Waals surface area contributed by atoms with Crippen LogP contribution in [0.4, 0.5) is 0 Å². The topological polar surface area (TPSA) is 134 Å². The van der Waals surface area contributed by atoms with Gasteiger partial charge in [-0.25, -0.2) is 9.69 Å². The first kappa shape index (κ1) is 20.7. The van der Waals surface area contributed by atoms with E-state index in [2.05, 4.69) is 0 Å². The average Bonchev–Trinajstić information content (AvgIpc) is 3.00. The lowest BCUT2D eigenvalue weighted by Crippen LogP contribution is -2.34. The molecule has 0 radical (unpaired) electrons. The smallest absolute Gasteiger partial charge is 0.345 e. The van der Waals surface area contributed by atoms with Crippen molar-refractivity contribution in [2.45, 2.75) is 13.8 Å². The lowest BCUT2D eigenvalue weighted by atomic mass is 9.99. The highest BCUT2D eigenvalue weighted by atomic mass is 16.6. The molecule has 0 bridgehead atoms. The highest BCUT2D eigenvalue weighted by molar-refractivity contribution is 6.12. The zero-order valence-corrected chi connectivity index (χ0v) is 16.2. The summed E-state index contributed by atoms with van der Waals surface area (Å²) < 4.78 is 10.3. The molecule has 0 aromatic heterocycles. The lowest BCUT2D eigenvalue weighted by Gasteiger charge is -2.16. The van der Waals surface area contributed by atoms with Crippen LogP contribution in [0.2, 0.25) is 0 Å². The molecule has 0 saturated carbocycles. The second kappa shape index (κ2) is 8.16. The number of amides is 2. The minimum absolute atomic E-state index is 0.0608. The van der Waals surface area contributed by atoms with Crippen LogP contribution in [0.15, 0.2) is 36.4 Å². The second-order valence-corrected chi connectivity index (χ2v) is 6.66. The van der Waals surface area contributed by atoms with Gasteiger partial charge in [0.25, 0.3) is 11.8 Å². The van der Waals surface area contributed by atoms with Crippen molar-refractivity contribution in [3.8, 4) is 34.1 Å². The maximum absolute atomic E-state index is 11.9. The van der Waals surface area contributed by atoms with Gasteiger partial charge in [-0.15, -0.1) is 0 Å². The molecule has 0 spiro atoms. The number of imide groups is 1. The van der Waals surface area contributed by atoms with E-state index in [0.29, 0.717) is 11.1 Å². The van der Waals surface area contributed by atoms with Gasteiger partial charge in [0.1, 0.15) is 23.0 Å². The zero-order valence-electron chi connectivity index (χ0n) is 16.2. The molecule has 2 aromatic rings. The van der Waals surface area contributed by atoms with Crippen LogP contribution in [0.5, 0.6) is 23.0 Å². The van der Waals surface area contributed by atoms with Gasteiger partial charge >= 0.3 is 5.97 Å². The van der Waals surface area contributed by atoms with E-state index in [1.807, 2.05) is 0 Å². The van der Waals surface area contributed by atoms with Gasteiger partial charge in [-0.05, 0) is 49.2 Å². The van der Waals surface area contributed by atoms with Crippen molar-refractivity contribution in [3.63, 3.8) is 0 Å². The number of carbonyl (C=O) groups excluding carboxylic acids is 3. The summed E-state index contributed by atoms with van der Waals surface area (Å²) >= 11 is 0. The van der Waals surface area contributed by atoms with Crippen LogP contribution in [0, 0.1) is 13.8 Å². The molecule has 2 amide bonds. The Morgan fingerprint density at radius 3 is 2.07 bits per heavy atom. The van der Waals surface area contributed by atoms with Crippen molar-refractivity contribution in [1.29, 1.82) is 0 Å². The monoisotopic (exact) mass is 413 g/mol. The molecule has 3 N–H and O–H groups in total. The number of nitrogens with zero attached hydrogens (tertiary/aromatic N) is 1. The van der Waals surface area contributed by atoms with Gasteiger partial charge in [-0.2, -0.15) is 0 Å². The van der Waals surface area contributed by atoms with E-state index in [1.54, 1.807) is 13.8 Å². The minimum atomic E-state index is -0.813. The molecule has 9 heteroatoms. The molecule has 30 heavy (non-hydrogen) atoms. The van der Waals surface area contributed by atoms with Crippen LogP contribution in [0.25, 0.3) is 11.1 Å². The number of benzene rings is 2. The Morgan fingerprint density at radius 1 is 0.867 bits per heavy atom. The lowest BCUT2D eigenvalue weighted by molar-refractivity contribution is -0.156. The molecule has 0 saturated heterocycles. The van der Waals surface area contributed by atoms with Gasteiger partial charge in [0.05, 0.1) is 0 Å². The SMILES string of the molecule is Cc1cc(O)c(-c2cc(OCC(=O)OCN3C(=O)C=CC3=O)c(C)cc2O)cc1O. The van der Waals surface area contributed by atoms with Gasteiger partial charge in [-0.3, -0.25) is 9.59 Å². The van der Waals surface area contributed by atoms with E-state index in [1.165, 1.54) is 24.3 Å². The summed E-state index contributed by atoms with van der Waals surface area (Å²) in [6, 6.07) is 5.47. The van der Waals surface area contributed by atoms with Crippen LogP contribution in [0.1, 0.15) is 11.1 Å². The van der Waals surface area contributed by atoms with Crippen molar-refractivity contribution in [3.05, 3.63) is 47.5 Å². The molecule has 1 aliphatic heterocycles. The number of ether oxygens (including phenoxy) is 2. The molecule has 0 aliphatic carbocycles. The number of phenolic OH excluding ortho intramolecular Hbond substituents is 3. The van der Waals surface area contributed by atoms with Crippen LogP contribution >= 0.6 is 0 Å². The van der Waals surface area contributed by atoms with Gasteiger partial charge < -0.3 is 24.8 Å². The summed E-state index contributed by atoms with van der Waals surface area (Å²) in [6.07, 6.45) is 2.15. The first-order valence-electron chi connectivity index (χ1n) is 8.86. The van der Waals surface area contributed by atoms with E-state index in [0.717, 1.165) is 17.1 Å². The molecule has 1 heterocycles. The van der Waals surface area contributed by atoms with E-state index in [-0.39, 0.29) is 34.1 Å². The molecule has 1 aliphatic rings. The predicted octanol–water partition coefficient (Wildman–Crippen LogP) is 1.89. The molecule has 0 fully saturated rings. The van der Waals surface area contributed by atoms with Crippen molar-refractivity contribution in [2.75, 3.05) is 13.3 Å². The molecule has 3 rings (SSSR count). The number of aromatic hydroxyl groups is 3. The van der Waals surface area contributed by atoms with Crippen LogP contribution in [-0.4, -0.2) is 51.3 Å². The Bertz CT molecular complexity index is 1060. The second-order valence-electron chi connectivity index (χ2n) is 6.66. The van der Waals surface area contributed by atoms with E-state index in [4.69, 9.17) is 9.47 Å². The van der Waals surface area contributed by atoms with Crippen molar-refractivity contribution in [2.24, 2.45) is 0 Å². The Morgan fingerprint density at radius 2 is 1.43 bits per heavy atom. The Kier molecular flexibility index (Phi) is 5.63. The van der Waals surface area contributed by atoms with Crippen molar-refractivity contribution < 1.29 is 39.2 Å². The van der Waals surface area contributed by atoms with Crippen LogP contribution in [-0.2, 0) is 19.1 Å². The van der Waals surface area contributed by atoms with Gasteiger partial charge in [0.15, 0.2) is 13.3 Å². The number of hydrogen-bond donors (Lipinski definition) is 3. The summed E-state index contributed by atoms with van der Waals surface area (Å²) in [6.45, 7) is 2.22. The standard InChI is InChI=1S/C21H19NO8/c1-11-5-16(24)13(7-15(11)23)14-8-18(12(2)6-17(14)25)29-9-21(28)30-10-22-19(26)3-4-20(22)27/h3-8,23-25H,9-10H2,1-2H3. The zero-order chi connectivity index (χ0) is 22.0. The highest BCUT2D eigenvalue weighted by Gasteiger charge is 2.24. The summed E-state index contributed by atoms with van der Waals surface area (Å²) in [4.78, 5) is 35.5. The number of rotatable bonds is 6. The fourth-order valence-electron chi connectivity index (χ4n) is 2.81. The van der Waals surface area contributed by atoms with Crippen LogP contribution < -0.4 is 4.74 Å². The average molecular weight is 413 g/mol. The molecular formula is C21H19NO8. The third kappa shape index (κ3) is 4.19. The molecule has 156 valence electrons. The van der Waals surface area contributed by atoms with E-state index >= 15 is 0 Å². The normalized spacial score (nSPS) is 13.1. The van der Waals surface area contributed by atoms with E-state index < -0.39 is 31.1 Å². The maximum atomic E-state index is 11.9. The predicted molar refractivity (Wildman–Crippen MR) is 104 cm³/mol. The number of esters is 1. The Labute approximate surface area is 171 Å². The quantitative estimate of drug-likeness (QED) is 0.371. The first-order chi connectivity index (χ1) is 14.2. The molecular weight excluding hydrogens is 394 g/mol. The number of aryl methyl sites for hydroxylation is 2. The van der Waals surface area contributed by atoms with Gasteiger partial charge in [0.2, 0.25) is 0 Å². The number of phenols is 3. The van der Waals surface area contributed by atoms with Gasteiger partial charge in [0, 0.05) is 23.3 Å². The Hall–Kier alpha value is -4.01. The molecule has 2 aromatic carbocycles. The number of carbonyl (C=O) groups is 3. The van der Waals surface area contributed by atoms with Gasteiger partial charge in [-0.1, -0.05) is 0 Å². The fourth-order valence-corrected chi connectivity index (χ4v) is 2.81. The highest BCUT2D eigenvalue weighted by Crippen LogP contribution is 2.41. The third-order valence-electron chi connectivity index (χ3n) is 4.50. The largest absolute Gasteiger partial charge is 0.508 e. The molecule has 0 unspecified atom stereocenters. The number of hydrogen-bond acceptors (Lipinski definition) is 8. The third-order valence-corrected chi connectivity index (χ3v) is 4.50. The first-order valence-corrected chi connectivity index (χ1v) is 8.86. The van der Waals surface area contributed by atoms with Crippen molar-refractivity contribution >= 4 is 17.8 Å². The summed E-state index contributed by atoms with van der Waals surface area (Å²) in [5.74, 6) is -2.10. The fraction of sp³-hybridized carbons (Fsp3) is 0.190. The Balaban J connectivity index is 1.72. The maximum Gasteiger partial charge on any atom is 0.345 e. The minimum Gasteiger partial charge on any atom is -0.508 e. The summed E-state index contributed by atoms with van der Waals surface area (Å²) in [5.41, 5.74) is 1.35. The van der Waals surface area contributed by atoms with Crippen molar-refractivity contribution in [1.82, 2.24) is 4.90 Å². The van der Waals surface area contributed by atoms with E-state index in [9.17, 15) is 29.7 Å². The molecule has 9 nitrogen and oxygen atoms in total.